The van der Waals surface area contributed by atoms with E-state index in [9.17, 15) is 24.3 Å². The van der Waals surface area contributed by atoms with Crippen molar-refractivity contribution < 1.29 is 33.5 Å². The van der Waals surface area contributed by atoms with Gasteiger partial charge in [-0.1, -0.05) is 43.3 Å². The lowest BCUT2D eigenvalue weighted by molar-refractivity contribution is -0.142. The first-order chi connectivity index (χ1) is 20.6. The van der Waals surface area contributed by atoms with Gasteiger partial charge in [0.05, 0.1) is 5.41 Å². The SMILES string of the molecule is CC(C)c1cc(C(=O)N2CCC3(CC2)Cc2cccc(c2)Oc2ccc(cc2)C[C@@H](C(=O)O)NC(=O)CCNC3=O)no1. The molecule has 226 valence electrons. The summed E-state index contributed by atoms with van der Waals surface area (Å²) in [6, 6.07) is 15.2. The molecule has 6 rings (SSSR count). The summed E-state index contributed by atoms with van der Waals surface area (Å²) in [5.74, 6) is -0.143. The smallest absolute Gasteiger partial charge is 0.326 e. The van der Waals surface area contributed by atoms with Crippen molar-refractivity contribution in [3.63, 3.8) is 0 Å². The minimum Gasteiger partial charge on any atom is -0.480 e. The highest BCUT2D eigenvalue weighted by molar-refractivity contribution is 5.93. The lowest BCUT2D eigenvalue weighted by Crippen LogP contribution is -2.52. The molecule has 0 radical (unpaired) electrons. The zero-order valence-corrected chi connectivity index (χ0v) is 24.3. The number of hydrogen-bond acceptors (Lipinski definition) is 7. The highest BCUT2D eigenvalue weighted by atomic mass is 16.5. The van der Waals surface area contributed by atoms with Crippen molar-refractivity contribution in [2.75, 3.05) is 19.6 Å². The van der Waals surface area contributed by atoms with E-state index in [1.54, 1.807) is 35.2 Å². The first-order valence-corrected chi connectivity index (χ1v) is 14.5. The molecule has 4 heterocycles. The van der Waals surface area contributed by atoms with Crippen LogP contribution in [0.4, 0.5) is 0 Å². The van der Waals surface area contributed by atoms with E-state index in [-0.39, 0.29) is 42.8 Å². The Morgan fingerprint density at radius 3 is 2.44 bits per heavy atom. The Balaban J connectivity index is 1.38. The standard InChI is InChI=1S/C32H36N4O7/c1-20(2)27-18-25(35-43-27)29(38)36-14-11-32(12-15-36)19-22-4-3-5-24(16-22)42-23-8-6-21(7-9-23)17-26(30(39)40)34-28(37)10-13-33-31(32)41/h3-9,16,18,20,26H,10-15,17,19H2,1-2H3,(H,33,41)(H,34,37)(H,39,40)/t26-/m0/s1. The topological polar surface area (TPSA) is 151 Å². The number of nitrogens with one attached hydrogen (secondary N) is 2. The predicted octanol–water partition coefficient (Wildman–Crippen LogP) is 3.69. The van der Waals surface area contributed by atoms with Crippen LogP contribution in [0.3, 0.4) is 0 Å². The summed E-state index contributed by atoms with van der Waals surface area (Å²) in [6.45, 7) is 4.66. The maximum Gasteiger partial charge on any atom is 0.326 e. The Bertz CT molecular complexity index is 1490. The summed E-state index contributed by atoms with van der Waals surface area (Å²) in [6.07, 6.45) is 1.25. The number of rotatable bonds is 3. The lowest BCUT2D eigenvalue weighted by atomic mass is 9.72. The van der Waals surface area contributed by atoms with Crippen molar-refractivity contribution in [3.05, 3.63) is 77.2 Å². The molecule has 3 aliphatic heterocycles. The fourth-order valence-corrected chi connectivity index (χ4v) is 5.56. The molecular formula is C32H36N4O7. The zero-order valence-electron chi connectivity index (χ0n) is 24.3. The van der Waals surface area contributed by atoms with Crippen LogP contribution in [0.25, 0.3) is 0 Å². The number of nitrogens with zero attached hydrogens (tertiary/aromatic N) is 2. The Morgan fingerprint density at radius 2 is 1.77 bits per heavy atom. The Kier molecular flexibility index (Phi) is 8.79. The maximum atomic E-state index is 13.8. The number of carbonyl (C=O) groups is 4. The number of aromatic nitrogens is 1. The number of fused-ring (bicyclic) bond motifs is 9. The Morgan fingerprint density at radius 1 is 1.02 bits per heavy atom. The number of ether oxygens (including phenoxy) is 1. The number of aliphatic carboxylic acids is 1. The molecule has 3 aliphatic rings. The van der Waals surface area contributed by atoms with Crippen molar-refractivity contribution in [2.24, 2.45) is 5.41 Å². The molecule has 1 atom stereocenters. The highest BCUT2D eigenvalue weighted by Gasteiger charge is 2.42. The number of amides is 3. The largest absolute Gasteiger partial charge is 0.480 e. The van der Waals surface area contributed by atoms with Gasteiger partial charge in [0, 0.05) is 44.5 Å². The van der Waals surface area contributed by atoms with E-state index in [1.165, 1.54) is 0 Å². The van der Waals surface area contributed by atoms with Gasteiger partial charge in [0.1, 0.15) is 23.3 Å². The molecule has 0 aliphatic carbocycles. The van der Waals surface area contributed by atoms with Gasteiger partial charge in [0.2, 0.25) is 11.8 Å². The van der Waals surface area contributed by atoms with E-state index in [2.05, 4.69) is 15.8 Å². The summed E-state index contributed by atoms with van der Waals surface area (Å²) in [4.78, 5) is 53.1. The predicted molar refractivity (Wildman–Crippen MR) is 156 cm³/mol. The Hall–Kier alpha value is -4.67. The van der Waals surface area contributed by atoms with Crippen LogP contribution in [0, 0.1) is 5.41 Å². The maximum absolute atomic E-state index is 13.8. The van der Waals surface area contributed by atoms with Crippen LogP contribution in [0.1, 0.15) is 66.4 Å². The van der Waals surface area contributed by atoms with E-state index in [0.29, 0.717) is 49.6 Å². The van der Waals surface area contributed by atoms with Gasteiger partial charge in [-0.2, -0.15) is 0 Å². The molecule has 2 aromatic carbocycles. The third kappa shape index (κ3) is 7.04. The molecule has 11 heteroatoms. The van der Waals surface area contributed by atoms with Gasteiger partial charge in [-0.3, -0.25) is 14.4 Å². The van der Waals surface area contributed by atoms with Crippen molar-refractivity contribution >= 4 is 23.7 Å². The van der Waals surface area contributed by atoms with Gasteiger partial charge in [-0.25, -0.2) is 4.79 Å². The third-order valence-electron chi connectivity index (χ3n) is 8.12. The summed E-state index contributed by atoms with van der Waals surface area (Å²) in [5.41, 5.74) is 1.05. The van der Waals surface area contributed by atoms with Gasteiger partial charge in [0.25, 0.3) is 5.91 Å². The van der Waals surface area contributed by atoms with E-state index in [0.717, 1.165) is 11.1 Å². The number of carboxylic acid groups (broad SMARTS) is 1. The summed E-state index contributed by atoms with van der Waals surface area (Å²) in [5, 5.41) is 19.1. The second-order valence-corrected chi connectivity index (χ2v) is 11.6. The fraction of sp³-hybridized carbons (Fsp3) is 0.406. The normalized spacial score (nSPS) is 19.2. The van der Waals surface area contributed by atoms with Crippen molar-refractivity contribution in [1.82, 2.24) is 20.7 Å². The third-order valence-corrected chi connectivity index (χ3v) is 8.12. The van der Waals surface area contributed by atoms with Crippen LogP contribution >= 0.6 is 0 Å². The molecule has 3 aromatic rings. The monoisotopic (exact) mass is 588 g/mol. The summed E-state index contributed by atoms with van der Waals surface area (Å²) in [7, 11) is 0. The molecule has 0 saturated carbocycles. The van der Waals surface area contributed by atoms with E-state index in [4.69, 9.17) is 9.26 Å². The second-order valence-electron chi connectivity index (χ2n) is 11.6. The molecule has 1 saturated heterocycles. The van der Waals surface area contributed by atoms with E-state index < -0.39 is 23.3 Å². The van der Waals surface area contributed by atoms with Crippen molar-refractivity contribution in [3.8, 4) is 11.5 Å². The molecule has 1 fully saturated rings. The van der Waals surface area contributed by atoms with Crippen LogP contribution < -0.4 is 15.4 Å². The molecule has 43 heavy (non-hydrogen) atoms. The number of benzene rings is 2. The molecule has 3 amide bonds. The number of carbonyl (C=O) groups excluding carboxylic acids is 3. The van der Waals surface area contributed by atoms with Crippen LogP contribution in [-0.2, 0) is 27.2 Å². The minimum atomic E-state index is -1.14. The van der Waals surface area contributed by atoms with E-state index in [1.807, 2.05) is 38.1 Å². The van der Waals surface area contributed by atoms with Crippen LogP contribution in [-0.4, -0.2) is 64.5 Å². The number of hydrogen-bond donors (Lipinski definition) is 3. The first-order valence-electron chi connectivity index (χ1n) is 14.5. The first kappa shape index (κ1) is 29.8. The average molecular weight is 589 g/mol. The molecule has 1 aromatic heterocycles. The molecule has 3 N–H and O–H groups in total. The van der Waals surface area contributed by atoms with Crippen molar-refractivity contribution in [2.45, 2.75) is 57.9 Å². The molecular weight excluding hydrogens is 552 g/mol. The molecule has 11 nitrogen and oxygen atoms in total. The highest BCUT2D eigenvalue weighted by Crippen LogP contribution is 2.37. The van der Waals surface area contributed by atoms with Gasteiger partial charge < -0.3 is 29.9 Å². The zero-order chi connectivity index (χ0) is 30.6. The van der Waals surface area contributed by atoms with Crippen molar-refractivity contribution in [1.29, 1.82) is 0 Å². The lowest BCUT2D eigenvalue weighted by Gasteiger charge is -2.40. The Labute approximate surface area is 249 Å². The fourth-order valence-electron chi connectivity index (χ4n) is 5.56. The minimum absolute atomic E-state index is 0.0518. The van der Waals surface area contributed by atoms with Crippen LogP contribution in [0.15, 0.2) is 59.1 Å². The number of piperidine rings is 1. The van der Waals surface area contributed by atoms with Crippen LogP contribution in [0.2, 0.25) is 0 Å². The average Bonchev–Trinajstić information content (AvgIpc) is 3.48. The second kappa shape index (κ2) is 12.7. The summed E-state index contributed by atoms with van der Waals surface area (Å²) >= 11 is 0. The number of likely N-dealkylation sites (tertiary alicyclic amines) is 1. The summed E-state index contributed by atoms with van der Waals surface area (Å²) < 4.78 is 11.4. The van der Waals surface area contributed by atoms with E-state index >= 15 is 0 Å². The van der Waals surface area contributed by atoms with Gasteiger partial charge in [-0.05, 0) is 54.7 Å². The van der Waals surface area contributed by atoms with Gasteiger partial charge in [0.15, 0.2) is 5.69 Å². The molecule has 4 bridgehead atoms. The number of carboxylic acids is 1. The van der Waals surface area contributed by atoms with Crippen LogP contribution in [0.5, 0.6) is 11.5 Å². The molecule has 0 unspecified atom stereocenters. The van der Waals surface area contributed by atoms with Gasteiger partial charge in [-0.15, -0.1) is 0 Å². The quantitative estimate of drug-likeness (QED) is 0.419. The van der Waals surface area contributed by atoms with Gasteiger partial charge >= 0.3 is 5.97 Å². The molecule has 1 spiro atoms.